The average Bonchev–Trinajstić information content (AvgIpc) is 2.67. The topological polar surface area (TPSA) is 40.7 Å². The molecule has 3 heteroatoms. The Hall–Kier alpha value is -0.830. The van der Waals surface area contributed by atoms with Crippen LogP contribution in [0.4, 0.5) is 0 Å². The molecular formula is C13H23N3. The van der Waals surface area contributed by atoms with Crippen molar-refractivity contribution >= 4 is 0 Å². The molecule has 1 saturated heterocycles. The molecule has 1 aromatic heterocycles. The summed E-state index contributed by atoms with van der Waals surface area (Å²) in [6, 6.07) is 0.635. The summed E-state index contributed by atoms with van der Waals surface area (Å²) in [5.41, 5.74) is 2.86. The molecule has 2 rings (SSSR count). The number of aromatic nitrogens is 2. The van der Waals surface area contributed by atoms with E-state index >= 15 is 0 Å². The molecule has 1 aliphatic rings. The van der Waals surface area contributed by atoms with E-state index in [2.05, 4.69) is 36.3 Å². The fourth-order valence-electron chi connectivity index (χ4n) is 2.46. The van der Waals surface area contributed by atoms with Crippen LogP contribution in [0, 0.1) is 0 Å². The second-order valence-electron chi connectivity index (χ2n) is 5.86. The lowest BCUT2D eigenvalue weighted by Crippen LogP contribution is -2.36. The fraction of sp³-hybridized carbons (Fsp3) is 0.769. The number of nitrogens with zero attached hydrogens (tertiary/aromatic N) is 1. The first kappa shape index (κ1) is 11.6. The van der Waals surface area contributed by atoms with Gasteiger partial charge in [0.25, 0.3) is 0 Å². The zero-order valence-corrected chi connectivity index (χ0v) is 10.6. The first-order valence-electron chi connectivity index (χ1n) is 6.33. The fourth-order valence-corrected chi connectivity index (χ4v) is 2.46. The molecule has 3 nitrogen and oxygen atoms in total. The van der Waals surface area contributed by atoms with E-state index in [0.29, 0.717) is 6.04 Å². The summed E-state index contributed by atoms with van der Waals surface area (Å²) in [6.45, 7) is 7.91. The Labute approximate surface area is 98.0 Å². The molecule has 1 fully saturated rings. The summed E-state index contributed by atoms with van der Waals surface area (Å²) in [4.78, 5) is 0. The third-order valence-electron chi connectivity index (χ3n) is 3.39. The van der Waals surface area contributed by atoms with E-state index < -0.39 is 0 Å². The number of rotatable bonds is 2. The van der Waals surface area contributed by atoms with E-state index in [1.165, 1.54) is 37.1 Å². The van der Waals surface area contributed by atoms with Crippen LogP contribution in [0.1, 0.15) is 51.3 Å². The van der Waals surface area contributed by atoms with Gasteiger partial charge in [0.2, 0.25) is 0 Å². The summed E-state index contributed by atoms with van der Waals surface area (Å²) in [5, 5.41) is 11.0. The number of aromatic amines is 1. The summed E-state index contributed by atoms with van der Waals surface area (Å²) in [5.74, 6) is 0. The van der Waals surface area contributed by atoms with Gasteiger partial charge >= 0.3 is 0 Å². The van der Waals surface area contributed by atoms with E-state index in [4.69, 9.17) is 0 Å². The van der Waals surface area contributed by atoms with E-state index in [1.54, 1.807) is 0 Å². The Kier molecular flexibility index (Phi) is 3.33. The first-order chi connectivity index (χ1) is 7.57. The van der Waals surface area contributed by atoms with Gasteiger partial charge in [0, 0.05) is 18.2 Å². The van der Waals surface area contributed by atoms with Crippen molar-refractivity contribution in [2.24, 2.45) is 0 Å². The lowest BCUT2D eigenvalue weighted by Gasteiger charge is -2.25. The summed E-state index contributed by atoms with van der Waals surface area (Å²) >= 11 is 0. The van der Waals surface area contributed by atoms with Crippen molar-refractivity contribution in [1.82, 2.24) is 15.5 Å². The summed E-state index contributed by atoms with van der Waals surface area (Å²) in [6.07, 6.45) is 7.05. The third kappa shape index (κ3) is 2.64. The molecule has 1 atom stereocenters. The van der Waals surface area contributed by atoms with Crippen molar-refractivity contribution < 1.29 is 0 Å². The smallest absolute Gasteiger partial charge is 0.0527 e. The second-order valence-corrected chi connectivity index (χ2v) is 5.86. The molecule has 1 unspecified atom stereocenters. The highest BCUT2D eigenvalue weighted by molar-refractivity contribution is 5.25. The molecule has 0 amide bonds. The molecular weight excluding hydrogens is 198 g/mol. The van der Waals surface area contributed by atoms with Crippen LogP contribution in [-0.2, 0) is 11.8 Å². The van der Waals surface area contributed by atoms with Gasteiger partial charge in [-0.2, -0.15) is 5.10 Å². The zero-order chi connectivity index (χ0) is 11.6. The van der Waals surface area contributed by atoms with Gasteiger partial charge in [-0.05, 0) is 30.4 Å². The Morgan fingerprint density at radius 1 is 1.38 bits per heavy atom. The SMILES string of the molecule is CC(C)(C)c1cn[nH]c1CC1CCCCN1. The number of hydrogen-bond acceptors (Lipinski definition) is 2. The van der Waals surface area contributed by atoms with Crippen molar-refractivity contribution in [1.29, 1.82) is 0 Å². The molecule has 16 heavy (non-hydrogen) atoms. The van der Waals surface area contributed by atoms with E-state index in [0.717, 1.165) is 6.42 Å². The Morgan fingerprint density at radius 2 is 2.19 bits per heavy atom. The van der Waals surface area contributed by atoms with Crippen molar-refractivity contribution in [3.8, 4) is 0 Å². The van der Waals surface area contributed by atoms with E-state index in [-0.39, 0.29) is 5.41 Å². The Morgan fingerprint density at radius 3 is 2.81 bits per heavy atom. The molecule has 2 heterocycles. The van der Waals surface area contributed by atoms with Crippen molar-refractivity contribution in [2.75, 3.05) is 6.54 Å². The van der Waals surface area contributed by atoms with Gasteiger partial charge in [-0.15, -0.1) is 0 Å². The van der Waals surface area contributed by atoms with Crippen LogP contribution in [0.3, 0.4) is 0 Å². The zero-order valence-electron chi connectivity index (χ0n) is 10.6. The van der Waals surface area contributed by atoms with E-state index in [1.807, 2.05) is 6.20 Å². The maximum absolute atomic E-state index is 4.20. The van der Waals surface area contributed by atoms with Gasteiger partial charge in [-0.3, -0.25) is 5.10 Å². The Balaban J connectivity index is 2.06. The predicted octanol–water partition coefficient (Wildman–Crippen LogP) is 2.39. The second kappa shape index (κ2) is 4.58. The highest BCUT2D eigenvalue weighted by Crippen LogP contribution is 2.25. The molecule has 0 saturated carbocycles. The normalized spacial score (nSPS) is 22.3. The maximum Gasteiger partial charge on any atom is 0.0527 e. The van der Waals surface area contributed by atoms with Crippen LogP contribution in [-0.4, -0.2) is 22.8 Å². The van der Waals surface area contributed by atoms with Gasteiger partial charge < -0.3 is 5.32 Å². The highest BCUT2D eigenvalue weighted by atomic mass is 15.1. The van der Waals surface area contributed by atoms with Crippen molar-refractivity contribution in [2.45, 2.75) is 57.9 Å². The minimum atomic E-state index is 0.191. The van der Waals surface area contributed by atoms with Crippen LogP contribution in [0.15, 0.2) is 6.20 Å². The van der Waals surface area contributed by atoms with Crippen LogP contribution in [0.25, 0.3) is 0 Å². The number of piperidine rings is 1. The van der Waals surface area contributed by atoms with Gasteiger partial charge in [0.1, 0.15) is 0 Å². The highest BCUT2D eigenvalue weighted by Gasteiger charge is 2.22. The monoisotopic (exact) mass is 221 g/mol. The average molecular weight is 221 g/mol. The van der Waals surface area contributed by atoms with E-state index in [9.17, 15) is 0 Å². The quantitative estimate of drug-likeness (QED) is 0.805. The standard InChI is InChI=1S/C13H23N3/c1-13(2,3)11-9-15-16-12(11)8-10-6-4-5-7-14-10/h9-10,14H,4-8H2,1-3H3,(H,15,16). The molecule has 0 aliphatic carbocycles. The van der Waals surface area contributed by atoms with Gasteiger partial charge in [-0.25, -0.2) is 0 Å². The number of nitrogens with one attached hydrogen (secondary N) is 2. The minimum absolute atomic E-state index is 0.191. The lowest BCUT2D eigenvalue weighted by atomic mass is 9.85. The lowest BCUT2D eigenvalue weighted by molar-refractivity contribution is 0.394. The number of H-pyrrole nitrogens is 1. The molecule has 90 valence electrons. The molecule has 0 radical (unpaired) electrons. The van der Waals surface area contributed by atoms with Crippen molar-refractivity contribution in [3.05, 3.63) is 17.5 Å². The molecule has 0 spiro atoms. The third-order valence-corrected chi connectivity index (χ3v) is 3.39. The van der Waals surface area contributed by atoms with Gasteiger partial charge in [0.15, 0.2) is 0 Å². The number of hydrogen-bond donors (Lipinski definition) is 2. The molecule has 2 N–H and O–H groups in total. The molecule has 0 aromatic carbocycles. The first-order valence-corrected chi connectivity index (χ1v) is 6.33. The maximum atomic E-state index is 4.20. The Bertz CT molecular complexity index is 329. The largest absolute Gasteiger partial charge is 0.314 e. The molecule has 1 aliphatic heterocycles. The summed E-state index contributed by atoms with van der Waals surface area (Å²) in [7, 11) is 0. The predicted molar refractivity (Wildman–Crippen MR) is 66.6 cm³/mol. The summed E-state index contributed by atoms with van der Waals surface area (Å²) < 4.78 is 0. The minimum Gasteiger partial charge on any atom is -0.314 e. The molecule has 1 aromatic rings. The van der Waals surface area contributed by atoms with Gasteiger partial charge in [0.05, 0.1) is 6.20 Å². The van der Waals surface area contributed by atoms with Crippen LogP contribution in [0.2, 0.25) is 0 Å². The van der Waals surface area contributed by atoms with Gasteiger partial charge in [-0.1, -0.05) is 27.2 Å². The molecule has 0 bridgehead atoms. The van der Waals surface area contributed by atoms with Crippen molar-refractivity contribution in [3.63, 3.8) is 0 Å². The van der Waals surface area contributed by atoms with Crippen LogP contribution < -0.4 is 5.32 Å². The van der Waals surface area contributed by atoms with Crippen LogP contribution >= 0.6 is 0 Å². The van der Waals surface area contributed by atoms with Crippen LogP contribution in [0.5, 0.6) is 0 Å².